The number of carbonyl (C=O) groups is 1. The summed E-state index contributed by atoms with van der Waals surface area (Å²) >= 11 is 3.62. The van der Waals surface area contributed by atoms with Gasteiger partial charge in [0.15, 0.2) is 0 Å². The second kappa shape index (κ2) is 9.81. The fourth-order valence-electron chi connectivity index (χ4n) is 5.99. The Bertz CT molecular complexity index is 1220. The molecule has 5 nitrogen and oxygen atoms in total. The fourth-order valence-corrected chi connectivity index (χ4v) is 6.34. The topological polar surface area (TPSA) is 36.0 Å². The van der Waals surface area contributed by atoms with Crippen molar-refractivity contribution < 1.29 is 9.53 Å². The standard InChI is InChI=1S/C30H34BrN3O2/c1-5-32(6-2)21-13-15-25-27(19-21)36-28-20-22(33(7-3)8-4)14-16-26(28)30(25)24-12-10-9-11-23(24)29(35)34(30)18-17-31/h9-16,19-20H,5-8,17-18H2,1-4H3. The SMILES string of the molecule is CCN(CC)c1ccc2c(c1)Oc1cc(N(CC)CC)ccc1C21c2ccccc2C(=O)N1CCBr. The third kappa shape index (κ3) is 3.52. The first-order valence-corrected chi connectivity index (χ1v) is 14.1. The van der Waals surface area contributed by atoms with Gasteiger partial charge >= 0.3 is 0 Å². The average Bonchev–Trinajstić information content (AvgIpc) is 3.14. The first-order valence-electron chi connectivity index (χ1n) is 13.0. The van der Waals surface area contributed by atoms with Crippen LogP contribution in [0.3, 0.4) is 0 Å². The monoisotopic (exact) mass is 547 g/mol. The summed E-state index contributed by atoms with van der Waals surface area (Å²) in [6, 6.07) is 21.0. The molecule has 0 N–H and O–H groups in total. The van der Waals surface area contributed by atoms with E-state index in [1.165, 1.54) is 0 Å². The van der Waals surface area contributed by atoms with Crippen LogP contribution in [-0.4, -0.2) is 48.9 Å². The number of fused-ring (bicyclic) bond motifs is 6. The van der Waals surface area contributed by atoms with Gasteiger partial charge in [0.2, 0.25) is 0 Å². The van der Waals surface area contributed by atoms with E-state index in [1.807, 2.05) is 23.1 Å². The predicted molar refractivity (Wildman–Crippen MR) is 151 cm³/mol. The number of ether oxygens (including phenoxy) is 1. The van der Waals surface area contributed by atoms with Gasteiger partial charge in [0, 0.05) is 78.3 Å². The molecule has 2 aliphatic rings. The quantitative estimate of drug-likeness (QED) is 0.296. The van der Waals surface area contributed by atoms with Crippen molar-refractivity contribution in [1.29, 1.82) is 0 Å². The van der Waals surface area contributed by atoms with Crippen LogP contribution in [0, 0.1) is 0 Å². The van der Waals surface area contributed by atoms with Crippen molar-refractivity contribution >= 4 is 33.2 Å². The molecule has 6 heteroatoms. The maximum atomic E-state index is 13.9. The summed E-state index contributed by atoms with van der Waals surface area (Å²) in [5, 5.41) is 0.690. The number of alkyl halides is 1. The zero-order chi connectivity index (χ0) is 25.4. The lowest BCUT2D eigenvalue weighted by atomic mass is 9.74. The smallest absolute Gasteiger partial charge is 0.255 e. The number of hydrogen-bond donors (Lipinski definition) is 0. The highest BCUT2D eigenvalue weighted by atomic mass is 79.9. The van der Waals surface area contributed by atoms with E-state index >= 15 is 0 Å². The van der Waals surface area contributed by atoms with Gasteiger partial charge in [-0.05, 0) is 51.5 Å². The molecule has 3 aromatic carbocycles. The van der Waals surface area contributed by atoms with Gasteiger partial charge < -0.3 is 19.4 Å². The average molecular weight is 549 g/mol. The minimum absolute atomic E-state index is 0.0597. The molecule has 1 spiro atoms. The van der Waals surface area contributed by atoms with Crippen molar-refractivity contribution in [1.82, 2.24) is 4.90 Å². The molecule has 3 aromatic rings. The van der Waals surface area contributed by atoms with Gasteiger partial charge in [0.05, 0.1) is 0 Å². The van der Waals surface area contributed by atoms with Crippen LogP contribution in [0.5, 0.6) is 11.5 Å². The molecule has 5 rings (SSSR count). The summed E-state index contributed by atoms with van der Waals surface area (Å²) in [4.78, 5) is 20.5. The number of benzene rings is 3. The van der Waals surface area contributed by atoms with Crippen LogP contribution >= 0.6 is 15.9 Å². The van der Waals surface area contributed by atoms with Crippen molar-refractivity contribution in [2.24, 2.45) is 0 Å². The predicted octanol–water partition coefficient (Wildman–Crippen LogP) is 6.63. The minimum atomic E-state index is -0.742. The molecule has 36 heavy (non-hydrogen) atoms. The third-order valence-electron chi connectivity index (χ3n) is 7.69. The van der Waals surface area contributed by atoms with Crippen molar-refractivity contribution in [2.75, 3.05) is 47.9 Å². The maximum Gasteiger partial charge on any atom is 0.255 e. The van der Waals surface area contributed by atoms with E-state index < -0.39 is 5.54 Å². The highest BCUT2D eigenvalue weighted by Crippen LogP contribution is 2.58. The number of rotatable bonds is 8. The van der Waals surface area contributed by atoms with Gasteiger partial charge in [-0.25, -0.2) is 0 Å². The second-order valence-electron chi connectivity index (χ2n) is 9.21. The molecule has 0 aliphatic carbocycles. The Balaban J connectivity index is 1.82. The van der Waals surface area contributed by atoms with Crippen LogP contribution in [0.2, 0.25) is 0 Å². The number of halogens is 1. The molecule has 0 fully saturated rings. The Morgan fingerprint density at radius 1 is 0.778 bits per heavy atom. The molecule has 0 atom stereocenters. The Hall–Kier alpha value is -2.99. The summed E-state index contributed by atoms with van der Waals surface area (Å²) in [6.07, 6.45) is 0. The lowest BCUT2D eigenvalue weighted by Gasteiger charge is -2.44. The fraction of sp³-hybridized carbons (Fsp3) is 0.367. The zero-order valence-corrected chi connectivity index (χ0v) is 23.1. The van der Waals surface area contributed by atoms with Gasteiger partial charge in [-0.15, -0.1) is 0 Å². The highest BCUT2D eigenvalue weighted by molar-refractivity contribution is 9.09. The molecule has 0 aromatic heterocycles. The molecule has 0 saturated carbocycles. The first kappa shape index (κ1) is 24.7. The Labute approximate surface area is 222 Å². The van der Waals surface area contributed by atoms with Crippen LogP contribution in [0.25, 0.3) is 0 Å². The van der Waals surface area contributed by atoms with Gasteiger partial charge in [-0.3, -0.25) is 4.79 Å². The molecule has 0 unspecified atom stereocenters. The second-order valence-corrected chi connectivity index (χ2v) is 10.0. The molecule has 0 saturated heterocycles. The zero-order valence-electron chi connectivity index (χ0n) is 21.6. The molecule has 2 heterocycles. The van der Waals surface area contributed by atoms with Crippen molar-refractivity contribution in [3.05, 3.63) is 82.9 Å². The Morgan fingerprint density at radius 2 is 1.31 bits per heavy atom. The van der Waals surface area contributed by atoms with E-state index in [2.05, 4.69) is 95.9 Å². The summed E-state index contributed by atoms with van der Waals surface area (Å²) < 4.78 is 6.70. The first-order chi connectivity index (χ1) is 17.5. The molecule has 188 valence electrons. The van der Waals surface area contributed by atoms with Crippen molar-refractivity contribution in [2.45, 2.75) is 33.2 Å². The van der Waals surface area contributed by atoms with E-state index in [0.717, 1.165) is 71.3 Å². The summed E-state index contributed by atoms with van der Waals surface area (Å²) in [7, 11) is 0. The van der Waals surface area contributed by atoms with Gasteiger partial charge in [0.25, 0.3) is 5.91 Å². The van der Waals surface area contributed by atoms with Gasteiger partial charge in [0.1, 0.15) is 17.0 Å². The molecule has 0 radical (unpaired) electrons. The van der Waals surface area contributed by atoms with E-state index in [4.69, 9.17) is 4.74 Å². The minimum Gasteiger partial charge on any atom is -0.456 e. The van der Waals surface area contributed by atoms with Crippen LogP contribution in [0.15, 0.2) is 60.7 Å². The lowest BCUT2D eigenvalue weighted by Crippen LogP contribution is -2.48. The molecule has 1 amide bonds. The largest absolute Gasteiger partial charge is 0.456 e. The highest BCUT2D eigenvalue weighted by Gasteiger charge is 2.56. The van der Waals surface area contributed by atoms with Crippen LogP contribution in [0.4, 0.5) is 11.4 Å². The van der Waals surface area contributed by atoms with Crippen LogP contribution in [0.1, 0.15) is 54.7 Å². The normalized spacial score (nSPS) is 14.8. The van der Waals surface area contributed by atoms with Crippen molar-refractivity contribution in [3.8, 4) is 11.5 Å². The maximum absolute atomic E-state index is 13.9. The molecule has 0 bridgehead atoms. The number of hydrogen-bond acceptors (Lipinski definition) is 4. The van der Waals surface area contributed by atoms with E-state index in [0.29, 0.717) is 11.9 Å². The molecular formula is C30H34BrN3O2. The summed E-state index contributed by atoms with van der Waals surface area (Å²) in [5.74, 6) is 1.69. The van der Waals surface area contributed by atoms with E-state index in [1.54, 1.807) is 0 Å². The number of nitrogens with zero attached hydrogens (tertiary/aromatic N) is 3. The van der Waals surface area contributed by atoms with E-state index in [9.17, 15) is 4.79 Å². The van der Waals surface area contributed by atoms with Crippen LogP contribution in [-0.2, 0) is 5.54 Å². The summed E-state index contributed by atoms with van der Waals surface area (Å²) in [5.41, 5.74) is 5.32. The molecular weight excluding hydrogens is 514 g/mol. The van der Waals surface area contributed by atoms with Crippen molar-refractivity contribution in [3.63, 3.8) is 0 Å². The van der Waals surface area contributed by atoms with E-state index in [-0.39, 0.29) is 5.91 Å². The van der Waals surface area contributed by atoms with Gasteiger partial charge in [-0.2, -0.15) is 0 Å². The summed E-state index contributed by atoms with van der Waals surface area (Å²) in [6.45, 7) is 12.9. The lowest BCUT2D eigenvalue weighted by molar-refractivity contribution is 0.0682. The number of carbonyl (C=O) groups excluding carboxylic acids is 1. The molecule has 2 aliphatic heterocycles. The Kier molecular flexibility index (Phi) is 6.73. The third-order valence-corrected chi connectivity index (χ3v) is 8.05. The number of amides is 1. The van der Waals surface area contributed by atoms with Crippen LogP contribution < -0.4 is 14.5 Å². The van der Waals surface area contributed by atoms with Gasteiger partial charge in [-0.1, -0.05) is 46.3 Å². The Morgan fingerprint density at radius 3 is 1.81 bits per heavy atom. The number of anilines is 2.